The van der Waals surface area contributed by atoms with E-state index < -0.39 is 0 Å². The Morgan fingerprint density at radius 1 is 0.421 bits per heavy atom. The standard InChI is InChI=1S/C36H25NO/c1-4-13-26(14-5-1)28-17-12-20-30(25-28)37(29-18-8-3-9-19-29)36-31(27-15-6-2-7-16-27)23-24-34-35(36)32-21-10-11-22-33(32)38-34/h1-25H. The maximum Gasteiger partial charge on any atom is 0.137 e. The molecule has 2 nitrogen and oxygen atoms in total. The van der Waals surface area contributed by atoms with Crippen LogP contribution >= 0.6 is 0 Å². The van der Waals surface area contributed by atoms with Gasteiger partial charge in [0.05, 0.1) is 11.1 Å². The Bertz CT molecular complexity index is 1850. The number of hydrogen-bond donors (Lipinski definition) is 0. The third-order valence-electron chi connectivity index (χ3n) is 7.05. The third-order valence-corrected chi connectivity index (χ3v) is 7.05. The molecule has 0 aliphatic heterocycles. The van der Waals surface area contributed by atoms with Crippen molar-refractivity contribution in [2.24, 2.45) is 0 Å². The summed E-state index contributed by atoms with van der Waals surface area (Å²) in [6.45, 7) is 0. The zero-order valence-electron chi connectivity index (χ0n) is 20.8. The van der Waals surface area contributed by atoms with Gasteiger partial charge >= 0.3 is 0 Å². The van der Waals surface area contributed by atoms with Crippen molar-refractivity contribution in [2.75, 3.05) is 4.90 Å². The van der Waals surface area contributed by atoms with E-state index in [1.807, 2.05) is 12.1 Å². The lowest BCUT2D eigenvalue weighted by molar-refractivity contribution is 0.669. The molecule has 0 spiro atoms. The molecule has 0 amide bonds. The first-order valence-electron chi connectivity index (χ1n) is 12.9. The van der Waals surface area contributed by atoms with Crippen LogP contribution < -0.4 is 4.90 Å². The van der Waals surface area contributed by atoms with Crippen molar-refractivity contribution in [1.82, 2.24) is 0 Å². The van der Waals surface area contributed by atoms with Crippen LogP contribution in [0.3, 0.4) is 0 Å². The van der Waals surface area contributed by atoms with Crippen LogP contribution in [0.4, 0.5) is 17.1 Å². The molecule has 38 heavy (non-hydrogen) atoms. The molecule has 0 fully saturated rings. The van der Waals surface area contributed by atoms with Gasteiger partial charge in [-0.2, -0.15) is 0 Å². The smallest absolute Gasteiger partial charge is 0.137 e. The second-order valence-electron chi connectivity index (χ2n) is 9.39. The molecule has 0 bridgehead atoms. The predicted molar refractivity (Wildman–Crippen MR) is 159 cm³/mol. The lowest BCUT2D eigenvalue weighted by atomic mass is 9.97. The van der Waals surface area contributed by atoms with Gasteiger partial charge in [0.25, 0.3) is 0 Å². The summed E-state index contributed by atoms with van der Waals surface area (Å²) in [5.74, 6) is 0. The first-order valence-corrected chi connectivity index (χ1v) is 12.9. The Labute approximate surface area is 222 Å². The molecule has 6 aromatic carbocycles. The summed E-state index contributed by atoms with van der Waals surface area (Å²) >= 11 is 0. The number of fused-ring (bicyclic) bond motifs is 3. The fourth-order valence-electron chi connectivity index (χ4n) is 5.32. The molecule has 0 unspecified atom stereocenters. The molecule has 180 valence electrons. The van der Waals surface area contributed by atoms with Crippen LogP contribution in [0.5, 0.6) is 0 Å². The van der Waals surface area contributed by atoms with Crippen molar-refractivity contribution >= 4 is 39.0 Å². The van der Waals surface area contributed by atoms with E-state index in [2.05, 4.69) is 144 Å². The minimum atomic E-state index is 0.876. The van der Waals surface area contributed by atoms with Gasteiger partial charge in [0, 0.05) is 22.3 Å². The Kier molecular flexibility index (Phi) is 5.49. The summed E-state index contributed by atoms with van der Waals surface area (Å²) in [4.78, 5) is 2.37. The van der Waals surface area contributed by atoms with Crippen molar-refractivity contribution in [3.05, 3.63) is 152 Å². The number of hydrogen-bond acceptors (Lipinski definition) is 2. The van der Waals surface area contributed by atoms with Gasteiger partial charge in [-0.25, -0.2) is 0 Å². The molecule has 0 N–H and O–H groups in total. The fourth-order valence-corrected chi connectivity index (χ4v) is 5.32. The van der Waals surface area contributed by atoms with Gasteiger partial charge in [-0.05, 0) is 59.2 Å². The second-order valence-corrected chi connectivity index (χ2v) is 9.39. The lowest BCUT2D eigenvalue weighted by Crippen LogP contribution is -2.11. The van der Waals surface area contributed by atoms with Crippen LogP contribution in [0.2, 0.25) is 0 Å². The number of anilines is 3. The molecule has 0 atom stereocenters. The zero-order valence-corrected chi connectivity index (χ0v) is 20.8. The zero-order chi connectivity index (χ0) is 25.3. The summed E-state index contributed by atoms with van der Waals surface area (Å²) in [6.07, 6.45) is 0. The second kappa shape index (κ2) is 9.42. The largest absolute Gasteiger partial charge is 0.456 e. The molecule has 1 heterocycles. The fraction of sp³-hybridized carbons (Fsp3) is 0. The first-order chi connectivity index (χ1) is 18.9. The molecule has 2 heteroatoms. The Morgan fingerprint density at radius 2 is 1.03 bits per heavy atom. The molecular weight excluding hydrogens is 462 g/mol. The Hall–Kier alpha value is -5.08. The van der Waals surface area contributed by atoms with Gasteiger partial charge < -0.3 is 9.32 Å². The highest BCUT2D eigenvalue weighted by Crippen LogP contribution is 2.48. The van der Waals surface area contributed by atoms with Crippen molar-refractivity contribution in [3.63, 3.8) is 0 Å². The molecule has 7 rings (SSSR count). The van der Waals surface area contributed by atoms with Crippen LogP contribution in [0.15, 0.2) is 156 Å². The molecule has 1 aromatic heterocycles. The highest BCUT2D eigenvalue weighted by atomic mass is 16.3. The maximum absolute atomic E-state index is 6.37. The Morgan fingerprint density at radius 3 is 1.79 bits per heavy atom. The van der Waals surface area contributed by atoms with Crippen LogP contribution in [0.1, 0.15) is 0 Å². The SMILES string of the molecule is c1ccc(-c2cccc(N(c3ccccc3)c3c(-c4ccccc4)ccc4oc5ccccc5c34)c2)cc1. The highest BCUT2D eigenvalue weighted by molar-refractivity contribution is 6.17. The average molecular weight is 488 g/mol. The normalized spacial score (nSPS) is 11.2. The Balaban J connectivity index is 1.58. The minimum Gasteiger partial charge on any atom is -0.456 e. The van der Waals surface area contributed by atoms with E-state index in [1.54, 1.807) is 0 Å². The monoisotopic (exact) mass is 487 g/mol. The molecule has 0 saturated heterocycles. The van der Waals surface area contributed by atoms with Gasteiger partial charge in [-0.1, -0.05) is 109 Å². The third kappa shape index (κ3) is 3.84. The van der Waals surface area contributed by atoms with E-state index in [1.165, 1.54) is 11.1 Å². The number of rotatable bonds is 5. The first kappa shape index (κ1) is 22.1. The van der Waals surface area contributed by atoms with E-state index in [0.717, 1.165) is 50.1 Å². The summed E-state index contributed by atoms with van der Waals surface area (Å²) in [5, 5.41) is 2.21. The van der Waals surface area contributed by atoms with E-state index in [0.29, 0.717) is 0 Å². The number of para-hydroxylation sites is 2. The number of nitrogens with zero attached hydrogens (tertiary/aromatic N) is 1. The molecule has 0 radical (unpaired) electrons. The molecule has 7 aromatic rings. The van der Waals surface area contributed by atoms with Gasteiger partial charge in [0.2, 0.25) is 0 Å². The van der Waals surface area contributed by atoms with Crippen LogP contribution in [0, 0.1) is 0 Å². The maximum atomic E-state index is 6.37. The lowest BCUT2D eigenvalue weighted by Gasteiger charge is -2.29. The van der Waals surface area contributed by atoms with E-state index >= 15 is 0 Å². The summed E-state index contributed by atoms with van der Waals surface area (Å²) in [6, 6.07) is 53.1. The highest BCUT2D eigenvalue weighted by Gasteiger charge is 2.23. The molecule has 0 aliphatic rings. The van der Waals surface area contributed by atoms with Crippen LogP contribution in [-0.2, 0) is 0 Å². The van der Waals surface area contributed by atoms with Crippen molar-refractivity contribution in [2.45, 2.75) is 0 Å². The van der Waals surface area contributed by atoms with Crippen molar-refractivity contribution in [1.29, 1.82) is 0 Å². The molecule has 0 aliphatic carbocycles. The van der Waals surface area contributed by atoms with Crippen LogP contribution in [0.25, 0.3) is 44.2 Å². The summed E-state index contributed by atoms with van der Waals surface area (Å²) in [5.41, 5.74) is 9.73. The summed E-state index contributed by atoms with van der Waals surface area (Å²) in [7, 11) is 0. The average Bonchev–Trinajstić information content (AvgIpc) is 3.38. The van der Waals surface area contributed by atoms with E-state index in [9.17, 15) is 0 Å². The van der Waals surface area contributed by atoms with Gasteiger partial charge in [-0.3, -0.25) is 0 Å². The number of benzene rings is 6. The molecular formula is C36H25NO. The van der Waals surface area contributed by atoms with Gasteiger partial charge in [-0.15, -0.1) is 0 Å². The minimum absolute atomic E-state index is 0.876. The topological polar surface area (TPSA) is 16.4 Å². The van der Waals surface area contributed by atoms with Crippen LogP contribution in [-0.4, -0.2) is 0 Å². The quantitative estimate of drug-likeness (QED) is 0.240. The van der Waals surface area contributed by atoms with Gasteiger partial charge in [0.15, 0.2) is 0 Å². The molecule has 0 saturated carbocycles. The summed E-state index contributed by atoms with van der Waals surface area (Å²) < 4.78 is 6.37. The van der Waals surface area contributed by atoms with Crippen molar-refractivity contribution in [3.8, 4) is 22.3 Å². The van der Waals surface area contributed by atoms with Gasteiger partial charge in [0.1, 0.15) is 11.2 Å². The van der Waals surface area contributed by atoms with Crippen molar-refractivity contribution < 1.29 is 4.42 Å². The predicted octanol–water partition coefficient (Wildman–Crippen LogP) is 10.4. The number of furan rings is 1. The van der Waals surface area contributed by atoms with E-state index in [4.69, 9.17) is 4.42 Å². The van der Waals surface area contributed by atoms with E-state index in [-0.39, 0.29) is 0 Å².